The third-order valence-electron chi connectivity index (χ3n) is 25.9. The lowest BCUT2D eigenvalue weighted by Gasteiger charge is -2.69. The molecule has 8 fully saturated rings. The third-order valence-corrected chi connectivity index (χ3v) is 27.8. The Balaban J connectivity index is 0.000000169. The number of benzene rings is 4. The number of fused-ring (bicyclic) bond motifs is 4. The zero-order valence-electron chi connectivity index (χ0n) is 70.0. The van der Waals surface area contributed by atoms with Crippen LogP contribution < -0.4 is 26.2 Å². The molecule has 8 aliphatic carbocycles. The number of para-hydroxylation sites is 2. The van der Waals surface area contributed by atoms with Crippen LogP contribution in [-0.4, -0.2) is 125 Å². The molecule has 118 heavy (non-hydrogen) atoms. The summed E-state index contributed by atoms with van der Waals surface area (Å²) in [6.45, 7) is 30.8. The molecule has 4 N–H and O–H groups in total. The Labute approximate surface area is 697 Å². The van der Waals surface area contributed by atoms with Gasteiger partial charge in [0.1, 0.15) is 22.8 Å². The van der Waals surface area contributed by atoms with Crippen LogP contribution in [0.15, 0.2) is 127 Å². The monoisotopic (exact) mass is 1630 g/mol. The van der Waals surface area contributed by atoms with Crippen LogP contribution >= 0.6 is 22.7 Å². The predicted molar refractivity (Wildman–Crippen MR) is 461 cm³/mol. The Hall–Kier alpha value is -9.95. The number of nitrogens with two attached hydrogens (primary N) is 1. The van der Waals surface area contributed by atoms with Crippen LogP contribution in [-0.2, 0) is 58.0 Å². The van der Waals surface area contributed by atoms with Gasteiger partial charge in [-0.1, -0.05) is 104 Å². The molecule has 2 amide bonds. The van der Waals surface area contributed by atoms with Crippen LogP contribution in [0.2, 0.25) is 0 Å². The molecule has 8 saturated carbocycles. The van der Waals surface area contributed by atoms with E-state index >= 15 is 0 Å². The van der Waals surface area contributed by atoms with Gasteiger partial charge in [-0.3, -0.25) is 29.6 Å². The summed E-state index contributed by atoms with van der Waals surface area (Å²) in [5, 5.41) is 20.9. The number of carbonyl (C=O) groups excluding carboxylic acids is 4. The summed E-state index contributed by atoms with van der Waals surface area (Å²) in [4.78, 5) is 82.2. The molecular formula is C92H108N16O8S2. The fourth-order valence-electron chi connectivity index (χ4n) is 24.1. The van der Waals surface area contributed by atoms with Gasteiger partial charge in [-0.2, -0.15) is 10.2 Å². The van der Waals surface area contributed by atoms with Gasteiger partial charge in [-0.25, -0.2) is 29.5 Å². The van der Waals surface area contributed by atoms with Gasteiger partial charge in [0.25, 0.3) is 11.8 Å². The van der Waals surface area contributed by atoms with Crippen LogP contribution in [0.4, 0.5) is 21.9 Å². The van der Waals surface area contributed by atoms with Gasteiger partial charge in [-0.05, 0) is 266 Å². The van der Waals surface area contributed by atoms with E-state index < -0.39 is 23.1 Å². The molecule has 0 spiro atoms. The van der Waals surface area contributed by atoms with Gasteiger partial charge in [0.05, 0.1) is 57.2 Å². The maximum Gasteiger partial charge on any atom is 0.358 e. The van der Waals surface area contributed by atoms with E-state index in [1.807, 2.05) is 151 Å². The van der Waals surface area contributed by atoms with Crippen molar-refractivity contribution in [2.45, 2.75) is 222 Å². The second-order valence-electron chi connectivity index (χ2n) is 39.0. The van der Waals surface area contributed by atoms with Crippen LogP contribution in [0.3, 0.4) is 0 Å². The van der Waals surface area contributed by atoms with Crippen molar-refractivity contribution in [3.63, 3.8) is 0 Å². The van der Waals surface area contributed by atoms with E-state index in [2.05, 4.69) is 103 Å². The molecule has 4 unspecified atom stereocenters. The third kappa shape index (κ3) is 16.0. The maximum atomic E-state index is 14.1. The number of esters is 2. The zero-order valence-corrected chi connectivity index (χ0v) is 71.6. The number of pyridine rings is 2. The maximum absolute atomic E-state index is 14.1. The Morgan fingerprint density at radius 3 is 1.33 bits per heavy atom. The minimum absolute atomic E-state index is 0.00437. The van der Waals surface area contributed by atoms with Crippen LogP contribution in [0.1, 0.15) is 222 Å². The summed E-state index contributed by atoms with van der Waals surface area (Å²) in [5.41, 5.74) is 26.4. The number of nitrogens with zero attached hydrogens (tertiary/aromatic N) is 13. The molecule has 6 aromatic heterocycles. The first kappa shape index (κ1) is 80.5. The number of carbonyl (C=O) groups is 4. The molecule has 26 heteroatoms. The lowest BCUT2D eigenvalue weighted by molar-refractivity contribution is -0.247. The van der Waals surface area contributed by atoms with E-state index in [1.165, 1.54) is 35.5 Å². The van der Waals surface area contributed by atoms with Gasteiger partial charge in [0, 0.05) is 102 Å². The molecule has 2 aliphatic heterocycles. The second kappa shape index (κ2) is 30.1. The lowest BCUT2D eigenvalue weighted by atomic mass is 9.39. The summed E-state index contributed by atoms with van der Waals surface area (Å²) in [5.74, 6) is -0.0925. The van der Waals surface area contributed by atoms with Crippen molar-refractivity contribution in [1.29, 1.82) is 0 Å². The van der Waals surface area contributed by atoms with Gasteiger partial charge < -0.3 is 34.5 Å². The van der Waals surface area contributed by atoms with Crippen molar-refractivity contribution in [1.82, 2.24) is 39.5 Å². The quantitative estimate of drug-likeness (QED) is 0.0198. The highest BCUT2D eigenvalue weighted by molar-refractivity contribution is 7.22. The lowest BCUT2D eigenvalue weighted by Crippen LogP contribution is -2.64. The number of thiazole rings is 2. The van der Waals surface area contributed by atoms with E-state index in [0.29, 0.717) is 103 Å². The number of hydrogen-bond donors (Lipinski definition) is 3. The molecule has 10 aliphatic rings. The summed E-state index contributed by atoms with van der Waals surface area (Å²) in [6.07, 6.45) is 18.3. The number of rotatable bonds is 21. The number of azide groups is 1. The van der Waals surface area contributed by atoms with E-state index in [-0.39, 0.29) is 66.9 Å². The van der Waals surface area contributed by atoms with Crippen LogP contribution in [0, 0.1) is 46.3 Å². The van der Waals surface area contributed by atoms with Crippen molar-refractivity contribution < 1.29 is 38.1 Å². The van der Waals surface area contributed by atoms with E-state index in [1.54, 1.807) is 0 Å². The molecule has 8 heterocycles. The fraction of sp³-hybridized carbons (Fsp3) is 0.500. The molecule has 4 aromatic carbocycles. The average molecular weight is 1630 g/mol. The first-order chi connectivity index (χ1) is 56.1. The van der Waals surface area contributed by atoms with Crippen LogP contribution in [0.5, 0.6) is 0 Å². The van der Waals surface area contributed by atoms with Gasteiger partial charge in [-0.15, -0.1) is 0 Å². The fourth-order valence-corrected chi connectivity index (χ4v) is 25.8. The number of aromatic nitrogens is 8. The number of amides is 2. The van der Waals surface area contributed by atoms with Gasteiger partial charge in [0.2, 0.25) is 0 Å². The van der Waals surface area contributed by atoms with Gasteiger partial charge in [0.15, 0.2) is 21.7 Å². The van der Waals surface area contributed by atoms with E-state index in [4.69, 9.17) is 50.4 Å². The molecule has 10 aromatic rings. The predicted octanol–water partition coefficient (Wildman–Crippen LogP) is 18.8. The molecule has 24 nitrogen and oxygen atoms in total. The van der Waals surface area contributed by atoms with Crippen molar-refractivity contribution >= 4 is 88.8 Å². The largest absolute Gasteiger partial charge is 0.455 e. The zero-order chi connectivity index (χ0) is 82.7. The average Bonchev–Trinajstić information content (AvgIpc) is 1.23. The topological polar surface area (TPSA) is 298 Å². The molecule has 616 valence electrons. The Kier molecular flexibility index (Phi) is 20.5. The molecule has 0 saturated heterocycles. The van der Waals surface area contributed by atoms with Crippen molar-refractivity contribution in [2.75, 3.05) is 59.8 Å². The first-order valence-corrected chi connectivity index (χ1v) is 43.3. The molecular weight excluding hydrogens is 1520 g/mol. The van der Waals surface area contributed by atoms with Crippen LogP contribution in [0.25, 0.3) is 53.1 Å². The van der Waals surface area contributed by atoms with Gasteiger partial charge >= 0.3 is 11.9 Å². The number of hydrogen-bond acceptors (Lipinski definition) is 20. The Morgan fingerprint density at radius 2 is 0.932 bits per heavy atom. The van der Waals surface area contributed by atoms with Crippen molar-refractivity contribution in [3.8, 4) is 22.3 Å². The number of anilines is 4. The summed E-state index contributed by atoms with van der Waals surface area (Å²) in [6, 6.07) is 35.4. The standard InChI is InChI=1S/C46H53N9O4S.C46H55N7O4S/c1-29-33(20-49-55(29)28-45-23-43(5)22-44(6,24-45)26-46(25-43,27-45)58-19-17-48-53-47)31-14-15-37(51-38(31)40(57)59-42(2,3)4)54-18-16-30-10-9-11-32(34(30)21-54)39(56)52-41-50-35-12-7-8-13-36(35)60-41;1-29-33(20-48-53(29)28-45-23-43(5)22-44(6,24-45)26-46(25-43,27-45)56-19-17-47)31-14-15-37(50-38(31)40(55)57-42(2,3)4)52-18-16-30-10-9-11-32(34(30)21-52)39(54)51-41-49-35-12-7-8-13-36(35)58-41/h7-15,20H,16-19,21-28H2,1-6H3,(H,50,52,56);7-15,20H,16-19,21-28,47H2,1-6H3,(H,49,51,54). The minimum Gasteiger partial charge on any atom is -0.455 e. The molecule has 8 bridgehead atoms. The Morgan fingerprint density at radius 1 is 0.517 bits per heavy atom. The Bertz CT molecular complexity index is 5580. The highest BCUT2D eigenvalue weighted by atomic mass is 32.1. The normalized spacial score (nSPS) is 25.9. The summed E-state index contributed by atoms with van der Waals surface area (Å²) in [7, 11) is 0. The highest BCUT2D eigenvalue weighted by Gasteiger charge is 2.68. The number of nitrogens with one attached hydrogen (secondary N) is 2. The van der Waals surface area contributed by atoms with E-state index in [9.17, 15) is 19.2 Å². The molecule has 0 radical (unpaired) electrons. The van der Waals surface area contributed by atoms with E-state index in [0.717, 1.165) is 149 Å². The molecule has 4 atom stereocenters. The smallest absolute Gasteiger partial charge is 0.358 e. The minimum atomic E-state index is -0.732. The summed E-state index contributed by atoms with van der Waals surface area (Å²) < 4.78 is 31.6. The summed E-state index contributed by atoms with van der Waals surface area (Å²) >= 11 is 2.91. The SMILES string of the molecule is Cc1c(-c2ccc(N3CCc4cccc(C(=O)Nc5nc6ccccc6s5)c4C3)nc2C(=O)OC(C)(C)C)cnn1CC12CC3(C)CC(C)(C1)CC(OCCN)(C3)C2.Cc1c(-c2ccc(N3CCc4cccc(C(=O)Nc5nc6ccccc6s5)c4C3)nc2C(=O)OC(C)(C)C)cnn1CC12CC3(C)CC(C)(C1)CC(OCCN=[N+]=[N-])(C3)C2. The van der Waals surface area contributed by atoms with Crippen molar-refractivity contribution in [2.24, 2.45) is 43.3 Å². The number of ether oxygens (including phenoxy) is 4. The highest BCUT2D eigenvalue weighted by Crippen LogP contribution is 2.74. The molecule has 20 rings (SSSR count). The van der Waals surface area contributed by atoms with Crippen molar-refractivity contribution in [3.05, 3.63) is 188 Å². The first-order valence-electron chi connectivity index (χ1n) is 41.7. The second-order valence-corrected chi connectivity index (χ2v) is 41.1.